The van der Waals surface area contributed by atoms with E-state index in [9.17, 15) is 14.9 Å². The van der Waals surface area contributed by atoms with Crippen LogP contribution in [0.5, 0.6) is 0 Å². The molecule has 1 aromatic carbocycles. The van der Waals surface area contributed by atoms with E-state index in [-0.39, 0.29) is 12.1 Å². The third-order valence-corrected chi connectivity index (χ3v) is 2.07. The molecular weight excluding hydrogens is 212 g/mol. The van der Waals surface area contributed by atoms with E-state index in [0.29, 0.717) is 16.9 Å². The molecule has 0 saturated carbocycles. The lowest BCUT2D eigenvalue weighted by Crippen LogP contribution is -2.14. The largest absolute Gasteiger partial charge is 0.369 e. The average molecular weight is 220 g/mol. The van der Waals surface area contributed by atoms with Crippen molar-refractivity contribution in [3.8, 4) is 0 Å². The number of benzene rings is 1. The van der Waals surface area contributed by atoms with Crippen LogP contribution in [0.15, 0.2) is 18.2 Å². The van der Waals surface area contributed by atoms with Gasteiger partial charge in [0.25, 0.3) is 5.69 Å². The van der Waals surface area contributed by atoms with Gasteiger partial charge in [-0.1, -0.05) is 0 Å². The monoisotopic (exact) mass is 220 g/mol. The molecule has 0 aliphatic rings. The summed E-state index contributed by atoms with van der Waals surface area (Å²) in [7, 11) is 0. The highest BCUT2D eigenvalue weighted by Crippen LogP contribution is 2.18. The first-order chi connectivity index (χ1) is 7.56. The number of carbonyl (C=O) groups is 1. The maximum Gasteiger partial charge on any atom is 0.271 e. The van der Waals surface area contributed by atoms with E-state index in [4.69, 9.17) is 5.73 Å². The molecule has 7 heteroatoms. The second kappa shape index (κ2) is 3.61. The molecule has 0 atom stereocenters. The molecule has 0 aliphatic heterocycles. The molecule has 2 rings (SSSR count). The number of H-pyrrole nitrogens is 1. The van der Waals surface area contributed by atoms with Gasteiger partial charge < -0.3 is 10.7 Å². The van der Waals surface area contributed by atoms with Crippen LogP contribution in [0.4, 0.5) is 5.69 Å². The molecule has 0 fully saturated rings. The molecule has 0 radical (unpaired) electrons. The maximum atomic E-state index is 10.7. The fraction of sp³-hybridized carbons (Fsp3) is 0.111. The third-order valence-electron chi connectivity index (χ3n) is 2.07. The van der Waals surface area contributed by atoms with Crippen molar-refractivity contribution in [1.82, 2.24) is 9.97 Å². The number of nitro groups is 1. The molecule has 2 aromatic rings. The van der Waals surface area contributed by atoms with E-state index in [1.165, 1.54) is 18.2 Å². The summed E-state index contributed by atoms with van der Waals surface area (Å²) in [5.41, 5.74) is 6.08. The summed E-state index contributed by atoms with van der Waals surface area (Å²) >= 11 is 0. The number of aromatic nitrogens is 2. The molecule has 3 N–H and O–H groups in total. The Labute approximate surface area is 89.4 Å². The van der Waals surface area contributed by atoms with Crippen molar-refractivity contribution in [3.05, 3.63) is 34.1 Å². The molecule has 0 aliphatic carbocycles. The number of nitrogens with one attached hydrogen (secondary N) is 1. The fourth-order valence-corrected chi connectivity index (χ4v) is 1.41. The molecule has 82 valence electrons. The summed E-state index contributed by atoms with van der Waals surface area (Å²) in [6.45, 7) is 0. The van der Waals surface area contributed by atoms with Crippen LogP contribution in [0, 0.1) is 10.1 Å². The van der Waals surface area contributed by atoms with E-state index < -0.39 is 10.8 Å². The summed E-state index contributed by atoms with van der Waals surface area (Å²) in [5, 5.41) is 10.5. The zero-order valence-corrected chi connectivity index (χ0v) is 8.14. The van der Waals surface area contributed by atoms with Gasteiger partial charge in [0.15, 0.2) is 0 Å². The maximum absolute atomic E-state index is 10.7. The van der Waals surface area contributed by atoms with Gasteiger partial charge in [0.2, 0.25) is 5.91 Å². The summed E-state index contributed by atoms with van der Waals surface area (Å²) in [5.74, 6) is -0.100. The van der Waals surface area contributed by atoms with Gasteiger partial charge in [-0.15, -0.1) is 0 Å². The lowest BCUT2D eigenvalue weighted by Gasteiger charge is -1.89. The molecule has 1 heterocycles. The number of aromatic amines is 1. The van der Waals surface area contributed by atoms with Crippen molar-refractivity contribution in [1.29, 1.82) is 0 Å². The summed E-state index contributed by atoms with van der Waals surface area (Å²) in [6.07, 6.45) is -0.0114. The number of nitrogens with two attached hydrogens (primary N) is 1. The first kappa shape index (κ1) is 10.1. The van der Waals surface area contributed by atoms with Gasteiger partial charge in [-0.25, -0.2) is 4.98 Å². The summed E-state index contributed by atoms with van der Waals surface area (Å²) in [6, 6.07) is 4.25. The van der Waals surface area contributed by atoms with Crippen molar-refractivity contribution >= 4 is 22.6 Å². The van der Waals surface area contributed by atoms with Gasteiger partial charge >= 0.3 is 0 Å². The lowest BCUT2D eigenvalue weighted by atomic mass is 10.3. The molecular formula is C9H8N4O3. The van der Waals surface area contributed by atoms with Gasteiger partial charge in [-0.05, 0) is 6.07 Å². The Kier molecular flexibility index (Phi) is 2.28. The first-order valence-electron chi connectivity index (χ1n) is 4.47. The van der Waals surface area contributed by atoms with Gasteiger partial charge in [0.05, 0.1) is 22.4 Å². The summed E-state index contributed by atoms with van der Waals surface area (Å²) in [4.78, 5) is 27.6. The van der Waals surface area contributed by atoms with E-state index in [2.05, 4.69) is 9.97 Å². The van der Waals surface area contributed by atoms with Crippen molar-refractivity contribution in [2.24, 2.45) is 5.73 Å². The van der Waals surface area contributed by atoms with Crippen LogP contribution in [0.1, 0.15) is 5.82 Å². The predicted molar refractivity (Wildman–Crippen MR) is 55.6 cm³/mol. The van der Waals surface area contributed by atoms with Crippen molar-refractivity contribution in [2.45, 2.75) is 6.42 Å². The standard InChI is InChI=1S/C9H8N4O3/c10-8(14)4-9-11-6-2-1-5(13(15)16)3-7(6)12-9/h1-3H,4H2,(H2,10,14)(H,11,12). The number of hydrogen-bond acceptors (Lipinski definition) is 4. The molecule has 1 amide bonds. The number of non-ortho nitro benzene ring substituents is 1. The van der Waals surface area contributed by atoms with Crippen LogP contribution in [0.3, 0.4) is 0 Å². The molecule has 16 heavy (non-hydrogen) atoms. The number of nitro benzene ring substituents is 1. The molecule has 0 unspecified atom stereocenters. The Hall–Kier alpha value is -2.44. The topological polar surface area (TPSA) is 115 Å². The summed E-state index contributed by atoms with van der Waals surface area (Å²) < 4.78 is 0. The number of rotatable bonds is 3. The van der Waals surface area contributed by atoms with Crippen molar-refractivity contribution in [2.75, 3.05) is 0 Å². The Balaban J connectivity index is 2.45. The van der Waals surface area contributed by atoms with Crippen LogP contribution < -0.4 is 5.73 Å². The first-order valence-corrected chi connectivity index (χ1v) is 4.47. The van der Waals surface area contributed by atoms with Crippen LogP contribution in [0.25, 0.3) is 11.0 Å². The smallest absolute Gasteiger partial charge is 0.271 e. The highest BCUT2D eigenvalue weighted by atomic mass is 16.6. The minimum Gasteiger partial charge on any atom is -0.369 e. The zero-order chi connectivity index (χ0) is 11.7. The van der Waals surface area contributed by atoms with Crippen LogP contribution >= 0.6 is 0 Å². The van der Waals surface area contributed by atoms with Crippen molar-refractivity contribution in [3.63, 3.8) is 0 Å². The number of primary amides is 1. The highest BCUT2D eigenvalue weighted by Gasteiger charge is 2.10. The number of fused-ring (bicyclic) bond motifs is 1. The third kappa shape index (κ3) is 1.83. The Bertz CT molecular complexity index is 575. The minimum atomic E-state index is -0.506. The van der Waals surface area contributed by atoms with Gasteiger partial charge in [-0.2, -0.15) is 0 Å². The number of hydrogen-bond donors (Lipinski definition) is 2. The van der Waals surface area contributed by atoms with E-state index in [0.717, 1.165) is 0 Å². The fourth-order valence-electron chi connectivity index (χ4n) is 1.41. The van der Waals surface area contributed by atoms with Crippen LogP contribution in [-0.4, -0.2) is 20.8 Å². The van der Waals surface area contributed by atoms with Crippen LogP contribution in [0.2, 0.25) is 0 Å². The van der Waals surface area contributed by atoms with Crippen molar-refractivity contribution < 1.29 is 9.72 Å². The molecule has 0 bridgehead atoms. The van der Waals surface area contributed by atoms with E-state index >= 15 is 0 Å². The highest BCUT2D eigenvalue weighted by molar-refractivity contribution is 5.80. The SMILES string of the molecule is NC(=O)Cc1nc2ccc([N+](=O)[O-])cc2[nH]1. The Morgan fingerprint density at radius 3 is 2.94 bits per heavy atom. The van der Waals surface area contributed by atoms with E-state index in [1.54, 1.807) is 0 Å². The second-order valence-corrected chi connectivity index (χ2v) is 3.29. The normalized spacial score (nSPS) is 10.5. The Morgan fingerprint density at radius 2 is 2.31 bits per heavy atom. The van der Waals surface area contributed by atoms with Crippen LogP contribution in [-0.2, 0) is 11.2 Å². The predicted octanol–water partition coefficient (Wildman–Crippen LogP) is 0.499. The molecule has 7 nitrogen and oxygen atoms in total. The number of amides is 1. The Morgan fingerprint density at radius 1 is 1.56 bits per heavy atom. The lowest BCUT2D eigenvalue weighted by molar-refractivity contribution is -0.384. The molecule has 0 spiro atoms. The van der Waals surface area contributed by atoms with Gasteiger partial charge in [-0.3, -0.25) is 14.9 Å². The molecule has 0 saturated heterocycles. The zero-order valence-electron chi connectivity index (χ0n) is 8.14. The quantitative estimate of drug-likeness (QED) is 0.578. The second-order valence-electron chi connectivity index (χ2n) is 3.29. The average Bonchev–Trinajstić information content (AvgIpc) is 2.56. The molecule has 1 aromatic heterocycles. The number of nitrogens with zero attached hydrogens (tertiary/aromatic N) is 2. The van der Waals surface area contributed by atoms with E-state index in [1.807, 2.05) is 0 Å². The minimum absolute atomic E-state index is 0.0114. The number of imidazole rings is 1. The van der Waals surface area contributed by atoms with Gasteiger partial charge in [0.1, 0.15) is 5.82 Å². The van der Waals surface area contributed by atoms with Gasteiger partial charge in [0, 0.05) is 12.1 Å². The number of carbonyl (C=O) groups excluding carboxylic acids is 1.